The third-order valence-corrected chi connectivity index (χ3v) is 20.1. The maximum atomic E-state index is 13.1. The van der Waals surface area contributed by atoms with Crippen molar-refractivity contribution in [2.75, 3.05) is 39.6 Å². The van der Waals surface area contributed by atoms with Gasteiger partial charge in [-0.2, -0.15) is 0 Å². The Labute approximate surface area is 594 Å². The van der Waals surface area contributed by atoms with E-state index in [1.807, 2.05) is 0 Å². The monoisotopic (exact) mass is 1420 g/mol. The number of hydrogen-bond acceptors (Lipinski definition) is 15. The zero-order valence-electron chi connectivity index (χ0n) is 63.4. The summed E-state index contributed by atoms with van der Waals surface area (Å²) >= 11 is 0. The van der Waals surface area contributed by atoms with Gasteiger partial charge in [0.05, 0.1) is 26.4 Å². The van der Waals surface area contributed by atoms with E-state index >= 15 is 0 Å². The molecule has 0 saturated heterocycles. The average molecular weight is 1420 g/mol. The van der Waals surface area contributed by atoms with Crippen molar-refractivity contribution in [2.24, 2.45) is 11.8 Å². The van der Waals surface area contributed by atoms with Crippen molar-refractivity contribution in [3.63, 3.8) is 0 Å². The van der Waals surface area contributed by atoms with Gasteiger partial charge in [-0.25, -0.2) is 9.13 Å². The third kappa shape index (κ3) is 72.2. The predicted molar refractivity (Wildman–Crippen MR) is 395 cm³/mol. The highest BCUT2D eigenvalue weighted by molar-refractivity contribution is 7.47. The maximum absolute atomic E-state index is 13.1. The number of aliphatic hydroxyl groups is 1. The summed E-state index contributed by atoms with van der Waals surface area (Å²) in [5.41, 5.74) is 0. The fraction of sp³-hybridized carbons (Fsp3) is 0.949. The number of carbonyl (C=O) groups excluding carboxylic acids is 4. The summed E-state index contributed by atoms with van der Waals surface area (Å²) < 4.78 is 68.4. The number of phosphoric ester groups is 2. The van der Waals surface area contributed by atoms with Crippen LogP contribution < -0.4 is 0 Å². The molecule has 5 atom stereocenters. The smallest absolute Gasteiger partial charge is 0.462 e. The summed E-state index contributed by atoms with van der Waals surface area (Å²) in [6, 6.07) is 0. The van der Waals surface area contributed by atoms with Gasteiger partial charge in [0.15, 0.2) is 12.2 Å². The second kappa shape index (κ2) is 69.8. The first-order valence-electron chi connectivity index (χ1n) is 40.5. The van der Waals surface area contributed by atoms with Crippen molar-refractivity contribution in [2.45, 2.75) is 426 Å². The van der Waals surface area contributed by atoms with Crippen LogP contribution in [-0.2, 0) is 65.4 Å². The summed E-state index contributed by atoms with van der Waals surface area (Å²) in [6.07, 6.45) is 58.9. The first kappa shape index (κ1) is 95.1. The van der Waals surface area contributed by atoms with Gasteiger partial charge in [0.25, 0.3) is 0 Å². The number of rotatable bonds is 77. The Morgan fingerprint density at radius 1 is 0.278 bits per heavy atom. The second-order valence-electron chi connectivity index (χ2n) is 29.1. The molecule has 0 aliphatic carbocycles. The minimum absolute atomic E-state index is 0.105. The molecule has 0 aliphatic heterocycles. The van der Waals surface area contributed by atoms with Gasteiger partial charge in [-0.15, -0.1) is 0 Å². The molecule has 0 heterocycles. The zero-order chi connectivity index (χ0) is 71.4. The highest BCUT2D eigenvalue weighted by Crippen LogP contribution is 2.45. The molecule has 3 N–H and O–H groups in total. The van der Waals surface area contributed by atoms with Crippen molar-refractivity contribution in [1.82, 2.24) is 0 Å². The Bertz CT molecular complexity index is 1870. The molecule has 0 aliphatic rings. The summed E-state index contributed by atoms with van der Waals surface area (Å²) in [4.78, 5) is 72.6. The Balaban J connectivity index is 5.12. The van der Waals surface area contributed by atoms with E-state index in [1.165, 1.54) is 218 Å². The predicted octanol–water partition coefficient (Wildman–Crippen LogP) is 23.1. The Morgan fingerprint density at radius 3 is 0.701 bits per heavy atom. The minimum Gasteiger partial charge on any atom is -0.462 e. The SMILES string of the molecule is CCCCCCCCCCCCCCCCCCCCCCCC(=O)O[C@H](COC(=O)CCCCCCCCCCCCCCCCCC(C)C)COP(=O)(O)OC[C@@H](O)COP(=O)(O)OC[C@@H](COC(=O)CCCCCCC)OC(=O)CCCCCCCCCCCCC(C)C. The molecule has 0 spiro atoms. The van der Waals surface area contributed by atoms with E-state index in [0.29, 0.717) is 25.7 Å². The third-order valence-electron chi connectivity index (χ3n) is 18.2. The van der Waals surface area contributed by atoms with Crippen LogP contribution in [-0.4, -0.2) is 96.7 Å². The molecule has 0 aromatic carbocycles. The van der Waals surface area contributed by atoms with Crippen molar-refractivity contribution in [3.05, 3.63) is 0 Å². The van der Waals surface area contributed by atoms with Crippen LogP contribution in [0, 0.1) is 11.8 Å². The summed E-state index contributed by atoms with van der Waals surface area (Å²) in [6.45, 7) is 9.53. The van der Waals surface area contributed by atoms with Gasteiger partial charge < -0.3 is 33.8 Å². The van der Waals surface area contributed by atoms with E-state index in [0.717, 1.165) is 108 Å². The Kier molecular flexibility index (Phi) is 68.4. The van der Waals surface area contributed by atoms with E-state index in [-0.39, 0.29) is 25.7 Å². The Morgan fingerprint density at radius 2 is 0.474 bits per heavy atom. The number of carbonyl (C=O) groups is 4. The molecule has 576 valence electrons. The van der Waals surface area contributed by atoms with Crippen molar-refractivity contribution in [1.29, 1.82) is 0 Å². The molecule has 0 amide bonds. The maximum Gasteiger partial charge on any atom is 0.472 e. The molecule has 0 rings (SSSR count). The van der Waals surface area contributed by atoms with Crippen LogP contribution >= 0.6 is 15.6 Å². The molecule has 0 radical (unpaired) electrons. The average Bonchev–Trinajstić information content (AvgIpc) is 1.99. The molecular weight excluding hydrogens is 1270 g/mol. The molecule has 0 aromatic rings. The summed E-state index contributed by atoms with van der Waals surface area (Å²) in [5, 5.41) is 10.6. The lowest BCUT2D eigenvalue weighted by molar-refractivity contribution is -0.161. The van der Waals surface area contributed by atoms with Crippen LogP contribution in [0.3, 0.4) is 0 Å². The van der Waals surface area contributed by atoms with Gasteiger partial charge in [0.1, 0.15) is 19.3 Å². The van der Waals surface area contributed by atoms with Crippen molar-refractivity contribution >= 4 is 39.5 Å². The fourth-order valence-corrected chi connectivity index (χ4v) is 13.6. The lowest BCUT2D eigenvalue weighted by Crippen LogP contribution is -2.30. The molecule has 97 heavy (non-hydrogen) atoms. The van der Waals surface area contributed by atoms with Crippen LogP contribution in [0.15, 0.2) is 0 Å². The van der Waals surface area contributed by atoms with Crippen molar-refractivity contribution in [3.8, 4) is 0 Å². The standard InChI is InChI=1S/C78H152O17P2/c1-7-9-11-13-14-15-16-17-18-19-20-21-22-23-26-30-33-39-44-50-56-62-78(83)95-74(67-89-76(81)61-55-49-43-38-32-29-27-24-25-28-31-36-41-47-52-58-70(3)4)69-93-97(86,87)91-65-72(79)64-90-96(84,85)92-68-73(66-88-75(80)60-54-46-12-10-8-2)94-77(82)63-57-51-45-40-35-34-37-42-48-53-59-71(5)6/h70-74,79H,7-69H2,1-6H3,(H,84,85)(H,86,87)/t72-,73+,74+/m0/s1. The molecule has 2 unspecified atom stereocenters. The lowest BCUT2D eigenvalue weighted by Gasteiger charge is -2.21. The normalized spacial score (nSPS) is 14.0. The van der Waals surface area contributed by atoms with E-state index in [9.17, 15) is 43.2 Å². The fourth-order valence-electron chi connectivity index (χ4n) is 12.0. The number of phosphoric acid groups is 2. The van der Waals surface area contributed by atoms with E-state index in [1.54, 1.807) is 0 Å². The highest BCUT2D eigenvalue weighted by atomic mass is 31.2. The molecule has 0 bridgehead atoms. The van der Waals surface area contributed by atoms with Gasteiger partial charge in [-0.1, -0.05) is 356 Å². The van der Waals surface area contributed by atoms with Gasteiger partial charge in [0.2, 0.25) is 0 Å². The number of unbranched alkanes of at least 4 members (excludes halogenated alkanes) is 47. The molecule has 19 heteroatoms. The van der Waals surface area contributed by atoms with Gasteiger partial charge >= 0.3 is 39.5 Å². The summed E-state index contributed by atoms with van der Waals surface area (Å²) in [7, 11) is -9.90. The van der Waals surface area contributed by atoms with Crippen molar-refractivity contribution < 1.29 is 80.2 Å². The molecule has 0 aromatic heterocycles. The summed E-state index contributed by atoms with van der Waals surface area (Å²) in [5.74, 6) is -0.567. The molecular formula is C78H152O17P2. The van der Waals surface area contributed by atoms with E-state index in [2.05, 4.69) is 41.5 Å². The number of hydrogen-bond donors (Lipinski definition) is 3. The highest BCUT2D eigenvalue weighted by Gasteiger charge is 2.30. The van der Waals surface area contributed by atoms with Gasteiger partial charge in [-0.05, 0) is 37.5 Å². The largest absolute Gasteiger partial charge is 0.472 e. The quantitative estimate of drug-likeness (QED) is 0.0222. The Hall–Kier alpha value is -1.94. The first-order chi connectivity index (χ1) is 46.9. The van der Waals surface area contributed by atoms with Crippen LogP contribution in [0.1, 0.15) is 408 Å². The van der Waals surface area contributed by atoms with Crippen LogP contribution in [0.2, 0.25) is 0 Å². The van der Waals surface area contributed by atoms with Crippen LogP contribution in [0.5, 0.6) is 0 Å². The minimum atomic E-state index is -4.96. The van der Waals surface area contributed by atoms with E-state index < -0.39 is 97.5 Å². The first-order valence-corrected chi connectivity index (χ1v) is 43.5. The molecule has 0 saturated carbocycles. The number of aliphatic hydroxyl groups excluding tert-OH is 1. The van der Waals surface area contributed by atoms with Gasteiger partial charge in [0, 0.05) is 25.7 Å². The van der Waals surface area contributed by atoms with E-state index in [4.69, 9.17) is 37.0 Å². The number of esters is 4. The topological polar surface area (TPSA) is 237 Å². The number of ether oxygens (including phenoxy) is 4. The lowest BCUT2D eigenvalue weighted by atomic mass is 10.0. The molecule has 17 nitrogen and oxygen atoms in total. The molecule has 0 fully saturated rings. The van der Waals surface area contributed by atoms with Crippen LogP contribution in [0.4, 0.5) is 0 Å². The van der Waals surface area contributed by atoms with Crippen LogP contribution in [0.25, 0.3) is 0 Å². The zero-order valence-corrected chi connectivity index (χ0v) is 65.2. The second-order valence-corrected chi connectivity index (χ2v) is 32.0. The van der Waals surface area contributed by atoms with Gasteiger partial charge in [-0.3, -0.25) is 37.3 Å².